The van der Waals surface area contributed by atoms with Gasteiger partial charge in [0.2, 0.25) is 0 Å². The van der Waals surface area contributed by atoms with Crippen LogP contribution < -0.4 is 4.74 Å². The highest BCUT2D eigenvalue weighted by molar-refractivity contribution is 7.91. The molecule has 0 amide bonds. The van der Waals surface area contributed by atoms with Gasteiger partial charge >= 0.3 is 0 Å². The lowest BCUT2D eigenvalue weighted by molar-refractivity contribution is 0.480. The monoisotopic (exact) mass is 288 g/mol. The SMILES string of the molecule is Cc1ccc(S(=O)(=O)C/C=C\Oc2ccccc2)cc1. The molecule has 0 N–H and O–H groups in total. The van der Waals surface area contributed by atoms with Gasteiger partial charge in [-0.2, -0.15) is 0 Å². The molecular formula is C16H16O3S. The minimum atomic E-state index is -3.30. The summed E-state index contributed by atoms with van der Waals surface area (Å²) in [5.41, 5.74) is 1.03. The second-order valence-corrected chi connectivity index (χ2v) is 6.43. The fraction of sp³-hybridized carbons (Fsp3) is 0.125. The van der Waals surface area contributed by atoms with Crippen molar-refractivity contribution in [2.75, 3.05) is 5.75 Å². The second kappa shape index (κ2) is 6.39. The van der Waals surface area contributed by atoms with Crippen LogP contribution in [0.4, 0.5) is 0 Å². The van der Waals surface area contributed by atoms with E-state index in [9.17, 15) is 8.42 Å². The van der Waals surface area contributed by atoms with Gasteiger partial charge in [0.1, 0.15) is 5.75 Å². The third-order valence-electron chi connectivity index (χ3n) is 2.74. The molecule has 2 aromatic rings. The summed E-state index contributed by atoms with van der Waals surface area (Å²) in [6, 6.07) is 16.0. The summed E-state index contributed by atoms with van der Waals surface area (Å²) in [5, 5.41) is 0. The molecule has 0 bridgehead atoms. The largest absolute Gasteiger partial charge is 0.465 e. The lowest BCUT2D eigenvalue weighted by Crippen LogP contribution is -2.04. The van der Waals surface area contributed by atoms with E-state index in [4.69, 9.17) is 4.74 Å². The molecule has 20 heavy (non-hydrogen) atoms. The van der Waals surface area contributed by atoms with Gasteiger partial charge in [-0.25, -0.2) is 8.42 Å². The van der Waals surface area contributed by atoms with Crippen LogP contribution in [0.1, 0.15) is 5.56 Å². The third-order valence-corrected chi connectivity index (χ3v) is 4.36. The summed E-state index contributed by atoms with van der Waals surface area (Å²) >= 11 is 0. The van der Waals surface area contributed by atoms with Crippen molar-refractivity contribution in [2.45, 2.75) is 11.8 Å². The summed E-state index contributed by atoms with van der Waals surface area (Å²) in [4.78, 5) is 0.326. The number of ether oxygens (including phenoxy) is 1. The van der Waals surface area contributed by atoms with E-state index in [1.807, 2.05) is 25.1 Å². The molecule has 0 radical (unpaired) electrons. The van der Waals surface area contributed by atoms with Gasteiger partial charge in [-0.1, -0.05) is 35.9 Å². The smallest absolute Gasteiger partial charge is 0.182 e. The van der Waals surface area contributed by atoms with E-state index in [-0.39, 0.29) is 5.75 Å². The Balaban J connectivity index is 1.97. The standard InChI is InChI=1S/C16H16O3S/c1-14-8-10-16(11-9-14)20(17,18)13-5-12-19-15-6-3-2-4-7-15/h2-12H,13H2,1H3/b12-5-. The number of sulfone groups is 1. The highest BCUT2D eigenvalue weighted by atomic mass is 32.2. The van der Waals surface area contributed by atoms with Crippen LogP contribution in [0.25, 0.3) is 0 Å². The summed E-state index contributed by atoms with van der Waals surface area (Å²) < 4.78 is 29.4. The molecule has 0 fully saturated rings. The van der Waals surface area contributed by atoms with Crippen molar-refractivity contribution < 1.29 is 13.2 Å². The molecule has 0 aliphatic heterocycles. The lowest BCUT2D eigenvalue weighted by atomic mass is 10.2. The van der Waals surface area contributed by atoms with Gasteiger partial charge in [-0.3, -0.25) is 0 Å². The van der Waals surface area contributed by atoms with Gasteiger partial charge in [-0.05, 0) is 37.3 Å². The number of para-hydroxylation sites is 1. The third kappa shape index (κ3) is 3.96. The molecule has 0 aliphatic rings. The fourth-order valence-electron chi connectivity index (χ4n) is 1.63. The van der Waals surface area contributed by atoms with Crippen molar-refractivity contribution in [2.24, 2.45) is 0 Å². The number of hydrogen-bond donors (Lipinski definition) is 0. The molecule has 2 aromatic carbocycles. The molecule has 104 valence electrons. The van der Waals surface area contributed by atoms with E-state index in [1.54, 1.807) is 36.4 Å². The van der Waals surface area contributed by atoms with E-state index in [0.717, 1.165) is 5.56 Å². The summed E-state index contributed by atoms with van der Waals surface area (Å²) in [5.74, 6) is 0.597. The summed E-state index contributed by atoms with van der Waals surface area (Å²) in [6.07, 6.45) is 2.91. The molecule has 0 saturated heterocycles. The van der Waals surface area contributed by atoms with Crippen molar-refractivity contribution in [3.8, 4) is 5.75 Å². The summed E-state index contributed by atoms with van der Waals surface area (Å²) in [6.45, 7) is 1.92. The van der Waals surface area contributed by atoms with E-state index < -0.39 is 9.84 Å². The lowest BCUT2D eigenvalue weighted by Gasteiger charge is -2.02. The molecule has 0 aromatic heterocycles. The first kappa shape index (κ1) is 14.3. The summed E-state index contributed by atoms with van der Waals surface area (Å²) in [7, 11) is -3.30. The first-order valence-corrected chi connectivity index (χ1v) is 7.89. The fourth-order valence-corrected chi connectivity index (χ4v) is 2.71. The van der Waals surface area contributed by atoms with Gasteiger partial charge in [-0.15, -0.1) is 0 Å². The van der Waals surface area contributed by atoms with Crippen LogP contribution in [0.3, 0.4) is 0 Å². The molecule has 0 atom stereocenters. The topological polar surface area (TPSA) is 43.4 Å². The van der Waals surface area contributed by atoms with Crippen LogP contribution >= 0.6 is 0 Å². The van der Waals surface area contributed by atoms with Crippen molar-refractivity contribution in [3.05, 3.63) is 72.5 Å². The Bertz CT molecular complexity index is 671. The highest BCUT2D eigenvalue weighted by Gasteiger charge is 2.11. The Hall–Kier alpha value is -2.07. The van der Waals surface area contributed by atoms with Crippen LogP contribution in [0.2, 0.25) is 0 Å². The van der Waals surface area contributed by atoms with Crippen molar-refractivity contribution in [3.63, 3.8) is 0 Å². The van der Waals surface area contributed by atoms with Gasteiger partial charge in [0.25, 0.3) is 0 Å². The molecule has 4 heteroatoms. The van der Waals surface area contributed by atoms with Crippen LogP contribution in [-0.4, -0.2) is 14.2 Å². The Morgan fingerprint density at radius 2 is 1.65 bits per heavy atom. The average molecular weight is 288 g/mol. The molecule has 0 aliphatic carbocycles. The maximum Gasteiger partial charge on any atom is 0.182 e. The Kier molecular flexibility index (Phi) is 4.58. The minimum Gasteiger partial charge on any atom is -0.465 e. The molecule has 0 unspecified atom stereocenters. The van der Waals surface area contributed by atoms with Crippen LogP contribution in [0.15, 0.2) is 71.8 Å². The zero-order chi connectivity index (χ0) is 14.4. The maximum absolute atomic E-state index is 12.0. The second-order valence-electron chi connectivity index (χ2n) is 4.40. The number of rotatable bonds is 5. The number of hydrogen-bond acceptors (Lipinski definition) is 3. The Morgan fingerprint density at radius 3 is 2.30 bits per heavy atom. The van der Waals surface area contributed by atoms with Crippen LogP contribution in [-0.2, 0) is 9.84 Å². The molecule has 0 spiro atoms. The minimum absolute atomic E-state index is 0.0805. The average Bonchev–Trinajstić information content (AvgIpc) is 2.45. The molecule has 3 nitrogen and oxygen atoms in total. The molecule has 0 heterocycles. The molecular weight excluding hydrogens is 272 g/mol. The normalized spacial score (nSPS) is 11.7. The predicted octanol–water partition coefficient (Wildman–Crippen LogP) is 3.36. The zero-order valence-electron chi connectivity index (χ0n) is 11.2. The zero-order valence-corrected chi connectivity index (χ0v) is 12.0. The van der Waals surface area contributed by atoms with Gasteiger partial charge in [0.05, 0.1) is 16.9 Å². The molecule has 0 saturated carbocycles. The highest BCUT2D eigenvalue weighted by Crippen LogP contribution is 2.13. The van der Waals surface area contributed by atoms with E-state index in [1.165, 1.54) is 12.3 Å². The van der Waals surface area contributed by atoms with Gasteiger partial charge in [0.15, 0.2) is 9.84 Å². The van der Waals surface area contributed by atoms with E-state index in [2.05, 4.69) is 0 Å². The van der Waals surface area contributed by atoms with E-state index in [0.29, 0.717) is 10.6 Å². The maximum atomic E-state index is 12.0. The first-order valence-electron chi connectivity index (χ1n) is 6.24. The quantitative estimate of drug-likeness (QED) is 0.792. The Morgan fingerprint density at radius 1 is 1.00 bits per heavy atom. The van der Waals surface area contributed by atoms with Crippen molar-refractivity contribution >= 4 is 9.84 Å². The van der Waals surface area contributed by atoms with Crippen molar-refractivity contribution in [1.82, 2.24) is 0 Å². The van der Waals surface area contributed by atoms with Crippen molar-refractivity contribution in [1.29, 1.82) is 0 Å². The first-order chi connectivity index (χ1) is 9.58. The van der Waals surface area contributed by atoms with Gasteiger partial charge < -0.3 is 4.74 Å². The van der Waals surface area contributed by atoms with Crippen LogP contribution in [0.5, 0.6) is 5.75 Å². The number of benzene rings is 2. The van der Waals surface area contributed by atoms with Gasteiger partial charge in [0, 0.05) is 0 Å². The molecule has 2 rings (SSSR count). The van der Waals surface area contributed by atoms with E-state index >= 15 is 0 Å². The predicted molar refractivity (Wildman–Crippen MR) is 79.4 cm³/mol. The Labute approximate surface area is 119 Å². The van der Waals surface area contributed by atoms with Crippen LogP contribution in [0, 0.1) is 6.92 Å². The number of aryl methyl sites for hydroxylation is 1.